The number of nitrogens with zero attached hydrogens (tertiary/aromatic N) is 3. The van der Waals surface area contributed by atoms with Crippen LogP contribution in [0.3, 0.4) is 0 Å². The molecular formula is C21H29N3O2. The Morgan fingerprint density at radius 3 is 2.65 bits per heavy atom. The van der Waals surface area contributed by atoms with Crippen LogP contribution in [0.2, 0.25) is 0 Å². The van der Waals surface area contributed by atoms with E-state index in [1.165, 1.54) is 29.7 Å². The van der Waals surface area contributed by atoms with Gasteiger partial charge in [0.2, 0.25) is 0 Å². The molecule has 0 radical (unpaired) electrons. The molecule has 0 N–H and O–H groups in total. The van der Waals surface area contributed by atoms with Gasteiger partial charge in [0.25, 0.3) is 0 Å². The van der Waals surface area contributed by atoms with Gasteiger partial charge in [0, 0.05) is 50.5 Å². The standard InChI is InChI=1S/C21H29N3O2/c1-3-24-12-20-18(15-26-14-17-4-5-17)11-23(13-21(20)22-24)10-16-6-8-19(25-2)9-7-16/h6-9,12,17-18H,3-5,10-11,13-15H2,1-2H3/t18-/m1/s1. The van der Waals surface area contributed by atoms with Crippen molar-refractivity contribution in [2.24, 2.45) is 5.92 Å². The van der Waals surface area contributed by atoms with Crippen LogP contribution in [-0.2, 0) is 24.4 Å². The summed E-state index contributed by atoms with van der Waals surface area (Å²) in [5.41, 5.74) is 3.90. The smallest absolute Gasteiger partial charge is 0.118 e. The van der Waals surface area contributed by atoms with Gasteiger partial charge in [-0.2, -0.15) is 5.10 Å². The van der Waals surface area contributed by atoms with Gasteiger partial charge in [-0.15, -0.1) is 0 Å². The van der Waals surface area contributed by atoms with Crippen LogP contribution in [0.4, 0.5) is 0 Å². The van der Waals surface area contributed by atoms with E-state index in [2.05, 4.69) is 34.8 Å². The predicted molar refractivity (Wildman–Crippen MR) is 101 cm³/mol. The number of aryl methyl sites for hydroxylation is 1. The minimum atomic E-state index is 0.413. The Balaban J connectivity index is 1.45. The first-order chi connectivity index (χ1) is 12.7. The zero-order chi connectivity index (χ0) is 17.9. The molecule has 0 saturated heterocycles. The Hall–Kier alpha value is -1.85. The maximum atomic E-state index is 6.05. The molecule has 26 heavy (non-hydrogen) atoms. The molecule has 2 heterocycles. The molecule has 1 aromatic heterocycles. The Labute approximate surface area is 155 Å². The average Bonchev–Trinajstić information content (AvgIpc) is 3.39. The fourth-order valence-corrected chi connectivity index (χ4v) is 3.70. The summed E-state index contributed by atoms with van der Waals surface area (Å²) in [7, 11) is 1.71. The van der Waals surface area contributed by atoms with Gasteiger partial charge < -0.3 is 9.47 Å². The van der Waals surface area contributed by atoms with Crippen molar-refractivity contribution in [3.8, 4) is 5.75 Å². The van der Waals surface area contributed by atoms with Gasteiger partial charge in [0.05, 0.1) is 19.4 Å². The Morgan fingerprint density at radius 2 is 1.96 bits per heavy atom. The minimum Gasteiger partial charge on any atom is -0.497 e. The van der Waals surface area contributed by atoms with Crippen LogP contribution in [0.5, 0.6) is 5.75 Å². The monoisotopic (exact) mass is 355 g/mol. The summed E-state index contributed by atoms with van der Waals surface area (Å²) < 4.78 is 13.4. The molecular weight excluding hydrogens is 326 g/mol. The summed E-state index contributed by atoms with van der Waals surface area (Å²) in [5, 5.41) is 4.79. The molecule has 1 aliphatic carbocycles. The Bertz CT molecular complexity index is 721. The van der Waals surface area contributed by atoms with Crippen LogP contribution < -0.4 is 4.74 Å². The van der Waals surface area contributed by atoms with Gasteiger partial charge in [0.15, 0.2) is 0 Å². The number of hydrogen-bond donors (Lipinski definition) is 0. The lowest BCUT2D eigenvalue weighted by Gasteiger charge is -2.32. The van der Waals surface area contributed by atoms with Crippen LogP contribution >= 0.6 is 0 Å². The van der Waals surface area contributed by atoms with Crippen molar-refractivity contribution in [1.29, 1.82) is 0 Å². The van der Waals surface area contributed by atoms with E-state index in [1.54, 1.807) is 7.11 Å². The van der Waals surface area contributed by atoms with Crippen LogP contribution in [0.15, 0.2) is 30.5 Å². The summed E-state index contributed by atoms with van der Waals surface area (Å²) in [4.78, 5) is 2.49. The van der Waals surface area contributed by atoms with Gasteiger partial charge in [-0.1, -0.05) is 12.1 Å². The van der Waals surface area contributed by atoms with Crippen molar-refractivity contribution < 1.29 is 9.47 Å². The molecule has 1 saturated carbocycles. The second kappa shape index (κ2) is 7.80. The fourth-order valence-electron chi connectivity index (χ4n) is 3.70. The van der Waals surface area contributed by atoms with E-state index in [0.717, 1.165) is 51.1 Å². The molecule has 2 aromatic rings. The van der Waals surface area contributed by atoms with Crippen molar-refractivity contribution in [2.45, 2.75) is 45.3 Å². The van der Waals surface area contributed by atoms with Gasteiger partial charge in [-0.3, -0.25) is 9.58 Å². The largest absolute Gasteiger partial charge is 0.497 e. The predicted octanol–water partition coefficient (Wildman–Crippen LogP) is 3.44. The highest BCUT2D eigenvalue weighted by Gasteiger charge is 2.29. The number of aromatic nitrogens is 2. The van der Waals surface area contributed by atoms with E-state index in [0.29, 0.717) is 5.92 Å². The van der Waals surface area contributed by atoms with E-state index in [-0.39, 0.29) is 0 Å². The van der Waals surface area contributed by atoms with E-state index in [4.69, 9.17) is 14.6 Å². The lowest BCUT2D eigenvalue weighted by atomic mass is 9.95. The number of ether oxygens (including phenoxy) is 2. The topological polar surface area (TPSA) is 39.5 Å². The number of hydrogen-bond acceptors (Lipinski definition) is 4. The highest BCUT2D eigenvalue weighted by Crippen LogP contribution is 2.32. The van der Waals surface area contributed by atoms with Crippen LogP contribution in [0.25, 0.3) is 0 Å². The molecule has 5 heteroatoms. The highest BCUT2D eigenvalue weighted by molar-refractivity contribution is 5.29. The molecule has 1 aromatic carbocycles. The van der Waals surface area contributed by atoms with E-state index < -0.39 is 0 Å². The van der Waals surface area contributed by atoms with E-state index in [9.17, 15) is 0 Å². The summed E-state index contributed by atoms with van der Waals surface area (Å²) in [6.07, 6.45) is 4.91. The zero-order valence-corrected chi connectivity index (χ0v) is 15.9. The molecule has 0 bridgehead atoms. The normalized spacial score (nSPS) is 20.2. The first-order valence-corrected chi connectivity index (χ1v) is 9.74. The Morgan fingerprint density at radius 1 is 1.15 bits per heavy atom. The second-order valence-corrected chi connectivity index (χ2v) is 7.58. The third-order valence-electron chi connectivity index (χ3n) is 5.42. The maximum absolute atomic E-state index is 6.05. The first kappa shape index (κ1) is 17.6. The number of benzene rings is 1. The summed E-state index contributed by atoms with van der Waals surface area (Å²) in [6, 6.07) is 8.37. The van der Waals surface area contributed by atoms with Crippen molar-refractivity contribution in [1.82, 2.24) is 14.7 Å². The summed E-state index contributed by atoms with van der Waals surface area (Å²) in [5.74, 6) is 2.13. The molecule has 1 fully saturated rings. The number of methoxy groups -OCH3 is 1. The molecule has 0 amide bonds. The van der Waals surface area contributed by atoms with E-state index >= 15 is 0 Å². The third kappa shape index (κ3) is 4.10. The molecule has 140 valence electrons. The molecule has 0 spiro atoms. The van der Waals surface area contributed by atoms with Crippen LogP contribution in [-0.4, -0.2) is 41.5 Å². The molecule has 5 nitrogen and oxygen atoms in total. The molecule has 0 unspecified atom stereocenters. The average molecular weight is 355 g/mol. The lowest BCUT2D eigenvalue weighted by molar-refractivity contribution is 0.0890. The zero-order valence-electron chi connectivity index (χ0n) is 15.9. The van der Waals surface area contributed by atoms with Crippen LogP contribution in [0, 0.1) is 5.92 Å². The van der Waals surface area contributed by atoms with Crippen molar-refractivity contribution in [3.63, 3.8) is 0 Å². The van der Waals surface area contributed by atoms with Crippen molar-refractivity contribution >= 4 is 0 Å². The van der Waals surface area contributed by atoms with Crippen LogP contribution in [0.1, 0.15) is 42.5 Å². The number of rotatable bonds is 8. The highest BCUT2D eigenvalue weighted by atomic mass is 16.5. The Kier molecular flexibility index (Phi) is 5.27. The summed E-state index contributed by atoms with van der Waals surface area (Å²) in [6.45, 7) is 7.66. The maximum Gasteiger partial charge on any atom is 0.118 e. The second-order valence-electron chi connectivity index (χ2n) is 7.58. The van der Waals surface area contributed by atoms with Crippen molar-refractivity contribution in [3.05, 3.63) is 47.3 Å². The summed E-state index contributed by atoms with van der Waals surface area (Å²) >= 11 is 0. The molecule has 1 atom stereocenters. The minimum absolute atomic E-state index is 0.413. The fraction of sp³-hybridized carbons (Fsp3) is 0.571. The molecule has 1 aliphatic heterocycles. The van der Waals surface area contributed by atoms with Gasteiger partial charge >= 0.3 is 0 Å². The van der Waals surface area contributed by atoms with Gasteiger partial charge in [-0.25, -0.2) is 0 Å². The van der Waals surface area contributed by atoms with Gasteiger partial charge in [0.1, 0.15) is 5.75 Å². The first-order valence-electron chi connectivity index (χ1n) is 9.74. The third-order valence-corrected chi connectivity index (χ3v) is 5.42. The number of fused-ring (bicyclic) bond motifs is 1. The molecule has 2 aliphatic rings. The molecule has 4 rings (SSSR count). The van der Waals surface area contributed by atoms with Gasteiger partial charge in [-0.05, 0) is 43.4 Å². The SMILES string of the molecule is CCn1cc2c(n1)CN(Cc1ccc(OC)cc1)C[C@@H]2COCC1CC1. The van der Waals surface area contributed by atoms with Crippen molar-refractivity contribution in [2.75, 3.05) is 26.9 Å². The van der Waals surface area contributed by atoms with E-state index in [1.807, 2.05) is 12.1 Å². The quantitative estimate of drug-likeness (QED) is 0.727. The lowest BCUT2D eigenvalue weighted by Crippen LogP contribution is -2.34.